The number of ether oxygens (including phenoxy) is 2. The van der Waals surface area contributed by atoms with Crippen molar-refractivity contribution >= 4 is 5.91 Å². The molecule has 0 aliphatic carbocycles. The first kappa shape index (κ1) is 15.9. The van der Waals surface area contributed by atoms with Gasteiger partial charge in [0.2, 0.25) is 0 Å². The normalized spacial score (nSPS) is 10.1. The number of aryl methyl sites for hydroxylation is 1. The van der Waals surface area contributed by atoms with E-state index in [1.807, 2.05) is 43.3 Å². The maximum atomic E-state index is 12.0. The van der Waals surface area contributed by atoms with Gasteiger partial charge in [-0.25, -0.2) is 0 Å². The second-order valence-electron chi connectivity index (χ2n) is 4.96. The Morgan fingerprint density at radius 1 is 1.14 bits per heavy atom. The SMILES string of the molecule is COc1cc(C(=O)NCCCOc2ccccc2)ccc1C. The minimum absolute atomic E-state index is 0.0991. The molecule has 0 spiro atoms. The van der Waals surface area contributed by atoms with Gasteiger partial charge in [-0.3, -0.25) is 4.79 Å². The third-order valence-electron chi connectivity index (χ3n) is 3.29. The number of para-hydroxylation sites is 1. The molecule has 2 rings (SSSR count). The van der Waals surface area contributed by atoms with Crippen LogP contribution in [0.25, 0.3) is 0 Å². The first-order chi connectivity index (χ1) is 10.7. The van der Waals surface area contributed by atoms with E-state index in [0.717, 1.165) is 23.5 Å². The van der Waals surface area contributed by atoms with Crippen molar-refractivity contribution in [3.63, 3.8) is 0 Å². The van der Waals surface area contributed by atoms with Gasteiger partial charge < -0.3 is 14.8 Å². The summed E-state index contributed by atoms with van der Waals surface area (Å²) in [5, 5.41) is 2.88. The minimum atomic E-state index is -0.0991. The van der Waals surface area contributed by atoms with Crippen molar-refractivity contribution in [3.8, 4) is 11.5 Å². The summed E-state index contributed by atoms with van der Waals surface area (Å²) >= 11 is 0. The molecule has 4 nitrogen and oxygen atoms in total. The Labute approximate surface area is 131 Å². The first-order valence-corrected chi connectivity index (χ1v) is 7.31. The molecule has 0 unspecified atom stereocenters. The van der Waals surface area contributed by atoms with Crippen LogP contribution in [0.4, 0.5) is 0 Å². The van der Waals surface area contributed by atoms with Crippen LogP contribution in [0.1, 0.15) is 22.3 Å². The highest BCUT2D eigenvalue weighted by Crippen LogP contribution is 2.18. The van der Waals surface area contributed by atoms with Crippen LogP contribution in [0.2, 0.25) is 0 Å². The zero-order chi connectivity index (χ0) is 15.8. The first-order valence-electron chi connectivity index (χ1n) is 7.31. The number of methoxy groups -OCH3 is 1. The highest BCUT2D eigenvalue weighted by molar-refractivity contribution is 5.94. The zero-order valence-electron chi connectivity index (χ0n) is 13.0. The second-order valence-corrected chi connectivity index (χ2v) is 4.96. The van der Waals surface area contributed by atoms with E-state index in [0.29, 0.717) is 18.7 Å². The van der Waals surface area contributed by atoms with E-state index in [-0.39, 0.29) is 5.91 Å². The van der Waals surface area contributed by atoms with E-state index >= 15 is 0 Å². The fourth-order valence-electron chi connectivity index (χ4n) is 2.04. The summed E-state index contributed by atoms with van der Waals surface area (Å²) in [5.41, 5.74) is 1.61. The monoisotopic (exact) mass is 299 g/mol. The van der Waals surface area contributed by atoms with Crippen molar-refractivity contribution in [3.05, 3.63) is 59.7 Å². The van der Waals surface area contributed by atoms with Gasteiger partial charge in [0.1, 0.15) is 11.5 Å². The molecule has 116 valence electrons. The van der Waals surface area contributed by atoms with Crippen molar-refractivity contribution in [1.29, 1.82) is 0 Å². The van der Waals surface area contributed by atoms with Crippen LogP contribution < -0.4 is 14.8 Å². The summed E-state index contributed by atoms with van der Waals surface area (Å²) in [5.74, 6) is 1.47. The molecule has 0 atom stereocenters. The van der Waals surface area contributed by atoms with E-state index in [2.05, 4.69) is 5.32 Å². The predicted molar refractivity (Wildman–Crippen MR) is 86.6 cm³/mol. The lowest BCUT2D eigenvalue weighted by molar-refractivity contribution is 0.0951. The Hall–Kier alpha value is -2.49. The predicted octanol–water partition coefficient (Wildman–Crippen LogP) is 3.20. The third kappa shape index (κ3) is 4.52. The van der Waals surface area contributed by atoms with Gasteiger partial charge in [-0.2, -0.15) is 0 Å². The van der Waals surface area contributed by atoms with Gasteiger partial charge in [-0.1, -0.05) is 24.3 Å². The topological polar surface area (TPSA) is 47.6 Å². The number of rotatable bonds is 7. The highest BCUT2D eigenvalue weighted by atomic mass is 16.5. The molecule has 0 bridgehead atoms. The number of carbonyl (C=O) groups excluding carboxylic acids is 1. The lowest BCUT2D eigenvalue weighted by atomic mass is 10.1. The number of hydrogen-bond donors (Lipinski definition) is 1. The Bertz CT molecular complexity index is 611. The zero-order valence-corrected chi connectivity index (χ0v) is 13.0. The molecular formula is C18H21NO3. The number of hydrogen-bond acceptors (Lipinski definition) is 3. The average Bonchev–Trinajstić information content (AvgIpc) is 2.55. The molecule has 1 N–H and O–H groups in total. The molecule has 0 saturated heterocycles. The van der Waals surface area contributed by atoms with Crippen LogP contribution in [0, 0.1) is 6.92 Å². The van der Waals surface area contributed by atoms with Crippen LogP contribution in [0.15, 0.2) is 48.5 Å². The summed E-state index contributed by atoms with van der Waals surface area (Å²) in [6.07, 6.45) is 0.754. The molecular weight excluding hydrogens is 278 g/mol. The number of amides is 1. The van der Waals surface area contributed by atoms with E-state index in [1.54, 1.807) is 19.2 Å². The van der Waals surface area contributed by atoms with Crippen molar-refractivity contribution in [2.45, 2.75) is 13.3 Å². The van der Waals surface area contributed by atoms with Crippen molar-refractivity contribution in [1.82, 2.24) is 5.32 Å². The molecule has 2 aromatic rings. The number of nitrogens with one attached hydrogen (secondary N) is 1. The van der Waals surface area contributed by atoms with Crippen LogP contribution in [0.3, 0.4) is 0 Å². The van der Waals surface area contributed by atoms with E-state index in [4.69, 9.17) is 9.47 Å². The van der Waals surface area contributed by atoms with Crippen LogP contribution in [-0.4, -0.2) is 26.2 Å². The number of benzene rings is 2. The van der Waals surface area contributed by atoms with Gasteiger partial charge in [-0.05, 0) is 43.2 Å². The third-order valence-corrected chi connectivity index (χ3v) is 3.29. The lowest BCUT2D eigenvalue weighted by Crippen LogP contribution is -2.25. The summed E-state index contributed by atoms with van der Waals surface area (Å²) < 4.78 is 10.8. The standard InChI is InChI=1S/C18H21NO3/c1-14-9-10-15(13-17(14)21-2)18(20)19-11-6-12-22-16-7-4-3-5-8-16/h3-5,7-10,13H,6,11-12H2,1-2H3,(H,19,20). The summed E-state index contributed by atoms with van der Waals surface area (Å²) in [6, 6.07) is 15.1. The van der Waals surface area contributed by atoms with Gasteiger partial charge in [0.15, 0.2) is 0 Å². The van der Waals surface area contributed by atoms with Gasteiger partial charge in [0.05, 0.1) is 13.7 Å². The van der Waals surface area contributed by atoms with Gasteiger partial charge in [0.25, 0.3) is 5.91 Å². The molecule has 1 amide bonds. The summed E-state index contributed by atoms with van der Waals surface area (Å²) in [7, 11) is 1.60. The highest BCUT2D eigenvalue weighted by Gasteiger charge is 2.07. The van der Waals surface area contributed by atoms with E-state index in [9.17, 15) is 4.79 Å². The molecule has 0 aliphatic rings. The Balaban J connectivity index is 1.74. The molecule has 0 fully saturated rings. The Morgan fingerprint density at radius 3 is 2.64 bits per heavy atom. The molecule has 0 aromatic heterocycles. The fourth-order valence-corrected chi connectivity index (χ4v) is 2.04. The van der Waals surface area contributed by atoms with Crippen molar-refractivity contribution in [2.75, 3.05) is 20.3 Å². The molecule has 4 heteroatoms. The molecule has 22 heavy (non-hydrogen) atoms. The van der Waals surface area contributed by atoms with Crippen LogP contribution >= 0.6 is 0 Å². The molecule has 0 heterocycles. The molecule has 0 radical (unpaired) electrons. The number of carbonyl (C=O) groups is 1. The average molecular weight is 299 g/mol. The molecule has 0 saturated carbocycles. The van der Waals surface area contributed by atoms with Crippen molar-refractivity contribution in [2.24, 2.45) is 0 Å². The van der Waals surface area contributed by atoms with Crippen LogP contribution in [-0.2, 0) is 0 Å². The van der Waals surface area contributed by atoms with Crippen LogP contribution in [0.5, 0.6) is 11.5 Å². The molecule has 2 aromatic carbocycles. The fraction of sp³-hybridized carbons (Fsp3) is 0.278. The largest absolute Gasteiger partial charge is 0.496 e. The Morgan fingerprint density at radius 2 is 1.91 bits per heavy atom. The second kappa shape index (κ2) is 8.08. The Kier molecular flexibility index (Phi) is 5.83. The minimum Gasteiger partial charge on any atom is -0.496 e. The maximum Gasteiger partial charge on any atom is 0.251 e. The van der Waals surface area contributed by atoms with E-state index < -0.39 is 0 Å². The quantitative estimate of drug-likeness (QED) is 0.799. The van der Waals surface area contributed by atoms with E-state index in [1.165, 1.54) is 0 Å². The van der Waals surface area contributed by atoms with Gasteiger partial charge >= 0.3 is 0 Å². The maximum absolute atomic E-state index is 12.0. The van der Waals surface area contributed by atoms with Gasteiger partial charge in [-0.15, -0.1) is 0 Å². The lowest BCUT2D eigenvalue weighted by Gasteiger charge is -2.09. The summed E-state index contributed by atoms with van der Waals surface area (Å²) in [6.45, 7) is 3.09. The van der Waals surface area contributed by atoms with Gasteiger partial charge in [0, 0.05) is 12.1 Å². The summed E-state index contributed by atoms with van der Waals surface area (Å²) in [4.78, 5) is 12.0. The molecule has 0 aliphatic heterocycles. The smallest absolute Gasteiger partial charge is 0.251 e. The van der Waals surface area contributed by atoms with Crippen molar-refractivity contribution < 1.29 is 14.3 Å².